The molecule has 1 N–H and O–H groups in total. The fourth-order valence-corrected chi connectivity index (χ4v) is 7.19. The van der Waals surface area contributed by atoms with Gasteiger partial charge in [-0.25, -0.2) is 4.79 Å². The molecule has 1 saturated heterocycles. The van der Waals surface area contributed by atoms with Crippen LogP contribution in [0.15, 0.2) is 27.8 Å². The minimum atomic E-state index is -1.88. The smallest absolute Gasteiger partial charge is 0.361 e. The summed E-state index contributed by atoms with van der Waals surface area (Å²) in [6, 6.07) is 0. The summed E-state index contributed by atoms with van der Waals surface area (Å²) in [5.74, 6) is -1.92. The molecule has 2 heterocycles. The predicted molar refractivity (Wildman–Crippen MR) is 139 cm³/mol. The monoisotopic (exact) mass is 527 g/mol. The predicted octanol–water partition coefficient (Wildman–Crippen LogP) is 4.86. The third-order valence-corrected chi connectivity index (χ3v) is 10.1. The number of aliphatic hydroxyl groups is 1. The Hall–Kier alpha value is -2.29. The molecule has 1 aliphatic heterocycles. The van der Waals surface area contributed by atoms with Crippen LogP contribution in [-0.2, 0) is 19.0 Å². The number of ether oxygens (including phenoxy) is 3. The zero-order chi connectivity index (χ0) is 28.0. The zero-order valence-electron chi connectivity index (χ0n) is 24.0. The van der Waals surface area contributed by atoms with Gasteiger partial charge in [0.15, 0.2) is 29.0 Å². The lowest BCUT2D eigenvalue weighted by molar-refractivity contribution is -0.303. The van der Waals surface area contributed by atoms with E-state index in [4.69, 9.17) is 18.7 Å². The topological polar surface area (TPSA) is 108 Å². The minimum Gasteiger partial charge on any atom is -0.450 e. The van der Waals surface area contributed by atoms with Gasteiger partial charge in [-0.1, -0.05) is 45.0 Å². The van der Waals surface area contributed by atoms with Crippen LogP contribution < -0.4 is 0 Å². The van der Waals surface area contributed by atoms with Crippen LogP contribution in [0.2, 0.25) is 0 Å². The summed E-state index contributed by atoms with van der Waals surface area (Å²) in [6.07, 6.45) is 3.43. The van der Waals surface area contributed by atoms with Crippen molar-refractivity contribution in [2.24, 2.45) is 28.6 Å². The molecule has 208 valence electrons. The van der Waals surface area contributed by atoms with E-state index in [0.717, 1.165) is 12.8 Å². The van der Waals surface area contributed by atoms with E-state index in [1.165, 1.54) is 0 Å². The number of allylic oxidation sites excluding steroid dienone is 1. The van der Waals surface area contributed by atoms with Crippen LogP contribution in [0.25, 0.3) is 0 Å². The summed E-state index contributed by atoms with van der Waals surface area (Å²) >= 11 is 0. The van der Waals surface area contributed by atoms with E-state index in [1.54, 1.807) is 27.7 Å². The maximum atomic E-state index is 14.8. The van der Waals surface area contributed by atoms with Crippen molar-refractivity contribution in [1.29, 1.82) is 0 Å². The molecule has 4 aliphatic rings. The molecule has 1 aromatic rings. The summed E-state index contributed by atoms with van der Waals surface area (Å²) < 4.78 is 23.8. The average molecular weight is 528 g/mol. The summed E-state index contributed by atoms with van der Waals surface area (Å²) in [7, 11) is 0. The number of carbonyl (C=O) groups excluding carboxylic acids is 2. The van der Waals surface area contributed by atoms with E-state index in [-0.39, 0.29) is 35.3 Å². The maximum absolute atomic E-state index is 14.8. The number of rotatable bonds is 2. The average Bonchev–Trinajstić information content (AvgIpc) is 3.27. The highest BCUT2D eigenvalue weighted by molar-refractivity contribution is 5.95. The number of esters is 1. The Bertz CT molecular complexity index is 1240. The third kappa shape index (κ3) is 3.63. The van der Waals surface area contributed by atoms with E-state index < -0.39 is 40.9 Å². The van der Waals surface area contributed by atoms with Gasteiger partial charge in [-0.15, -0.1) is 0 Å². The highest BCUT2D eigenvalue weighted by Crippen LogP contribution is 2.62. The van der Waals surface area contributed by atoms with Crippen molar-refractivity contribution in [1.82, 2.24) is 5.16 Å². The Kier molecular flexibility index (Phi) is 6.18. The van der Waals surface area contributed by atoms with Crippen molar-refractivity contribution < 1.29 is 33.4 Å². The Labute approximate surface area is 224 Å². The van der Waals surface area contributed by atoms with Crippen LogP contribution in [0.4, 0.5) is 0 Å². The Morgan fingerprint density at radius 1 is 1.16 bits per heavy atom. The fraction of sp³-hybridized carbons (Fsp3) is 0.700. The van der Waals surface area contributed by atoms with E-state index in [9.17, 15) is 14.7 Å². The van der Waals surface area contributed by atoms with E-state index in [0.29, 0.717) is 22.5 Å². The lowest BCUT2D eigenvalue weighted by Gasteiger charge is -2.54. The molecule has 2 fully saturated rings. The van der Waals surface area contributed by atoms with Crippen LogP contribution in [0, 0.1) is 42.4 Å². The molecule has 1 saturated carbocycles. The molecule has 38 heavy (non-hydrogen) atoms. The normalized spacial score (nSPS) is 39.6. The first kappa shape index (κ1) is 27.3. The summed E-state index contributed by atoms with van der Waals surface area (Å²) in [5.41, 5.74) is -1.32. The Morgan fingerprint density at radius 2 is 1.84 bits per heavy atom. The molecule has 1 aromatic heterocycles. The number of nitrogens with zero attached hydrogens (tertiary/aromatic N) is 1. The molecule has 0 amide bonds. The quantitative estimate of drug-likeness (QED) is 0.429. The van der Waals surface area contributed by atoms with Gasteiger partial charge < -0.3 is 23.8 Å². The second-order valence-corrected chi connectivity index (χ2v) is 13.1. The van der Waals surface area contributed by atoms with Crippen molar-refractivity contribution in [2.75, 3.05) is 6.61 Å². The highest BCUT2D eigenvalue weighted by Gasteiger charge is 2.73. The Balaban J connectivity index is 1.71. The number of Topliss-reactive ketones (excluding diaryl/α,β-unsaturated/α-hetero) is 1. The molecule has 0 radical (unpaired) electrons. The minimum absolute atomic E-state index is 0.0147. The van der Waals surface area contributed by atoms with Crippen LogP contribution in [-0.4, -0.2) is 52.2 Å². The van der Waals surface area contributed by atoms with Crippen molar-refractivity contribution in [2.45, 2.75) is 98.8 Å². The molecule has 1 spiro atoms. The van der Waals surface area contributed by atoms with Gasteiger partial charge in [-0.2, -0.15) is 0 Å². The number of hydrogen-bond donors (Lipinski definition) is 1. The molecule has 0 unspecified atom stereocenters. The van der Waals surface area contributed by atoms with Gasteiger partial charge in [0.2, 0.25) is 0 Å². The second kappa shape index (κ2) is 8.60. The SMILES string of the molecule is CC1=C[C@]23C(=O)[C@@H](C=C4COC(C)(C)O[C@H]4[C@]2(O)[C@H]1OC(=O)c1noc(C)c1C)[C@H](C)C(C)(C)CC[C@H]3C. The van der Waals surface area contributed by atoms with E-state index in [2.05, 4.69) is 25.9 Å². The molecule has 2 bridgehead atoms. The first-order valence-corrected chi connectivity index (χ1v) is 13.7. The number of fused-ring (bicyclic) bond motifs is 3. The Morgan fingerprint density at radius 3 is 2.47 bits per heavy atom. The van der Waals surface area contributed by atoms with Gasteiger partial charge in [0.05, 0.1) is 12.0 Å². The van der Waals surface area contributed by atoms with Crippen LogP contribution in [0.5, 0.6) is 0 Å². The molecule has 3 aliphatic carbocycles. The van der Waals surface area contributed by atoms with Crippen molar-refractivity contribution in [3.05, 3.63) is 40.3 Å². The largest absolute Gasteiger partial charge is 0.450 e. The van der Waals surface area contributed by atoms with Gasteiger partial charge in [0, 0.05) is 11.5 Å². The molecule has 0 aromatic carbocycles. The first-order valence-electron chi connectivity index (χ1n) is 13.7. The summed E-state index contributed by atoms with van der Waals surface area (Å²) in [5, 5.41) is 17.0. The molecule has 5 rings (SSSR count). The standard InChI is InChI=1S/C30H41NO7/c1-15-13-29-16(2)10-11-27(6,7)18(4)21(23(29)32)12-20-14-35-28(8,9)37-25(20)30(29,34)24(15)36-26(33)22-17(3)19(5)38-31-22/h12-13,16,18,21,24-25,34H,10-11,14H2,1-9H3/t16-,18+,21+,24+,25-,29+,30-/m1/s1. The second-order valence-electron chi connectivity index (χ2n) is 13.1. The molecular formula is C30H41NO7. The summed E-state index contributed by atoms with van der Waals surface area (Å²) in [6.45, 7) is 17.6. The van der Waals surface area contributed by atoms with E-state index >= 15 is 0 Å². The lowest BCUT2D eigenvalue weighted by Crippen LogP contribution is -2.68. The number of carbonyl (C=O) groups is 2. The van der Waals surface area contributed by atoms with Gasteiger partial charge in [-0.05, 0) is 75.9 Å². The van der Waals surface area contributed by atoms with Crippen molar-refractivity contribution in [3.8, 4) is 0 Å². The fourth-order valence-electron chi connectivity index (χ4n) is 7.19. The number of ketones is 1. The summed E-state index contributed by atoms with van der Waals surface area (Å²) in [4.78, 5) is 28.2. The van der Waals surface area contributed by atoms with Crippen molar-refractivity contribution in [3.63, 3.8) is 0 Å². The molecule has 7 atom stereocenters. The lowest BCUT2D eigenvalue weighted by atomic mass is 9.54. The van der Waals surface area contributed by atoms with Crippen LogP contribution in [0.1, 0.15) is 83.1 Å². The van der Waals surface area contributed by atoms with E-state index in [1.807, 2.05) is 26.0 Å². The van der Waals surface area contributed by atoms with Gasteiger partial charge >= 0.3 is 5.97 Å². The van der Waals surface area contributed by atoms with Crippen molar-refractivity contribution >= 4 is 11.8 Å². The van der Waals surface area contributed by atoms with Gasteiger partial charge in [0.25, 0.3) is 0 Å². The third-order valence-electron chi connectivity index (χ3n) is 10.1. The molecule has 8 heteroatoms. The molecule has 8 nitrogen and oxygen atoms in total. The number of hydrogen-bond acceptors (Lipinski definition) is 8. The van der Waals surface area contributed by atoms with Gasteiger partial charge in [0.1, 0.15) is 11.9 Å². The maximum Gasteiger partial charge on any atom is 0.361 e. The van der Waals surface area contributed by atoms with Crippen LogP contribution in [0.3, 0.4) is 0 Å². The highest BCUT2D eigenvalue weighted by atomic mass is 16.7. The molecular weight excluding hydrogens is 486 g/mol. The van der Waals surface area contributed by atoms with Crippen LogP contribution >= 0.6 is 0 Å². The zero-order valence-corrected chi connectivity index (χ0v) is 24.0. The first-order chi connectivity index (χ1) is 17.6. The van der Waals surface area contributed by atoms with Gasteiger partial charge in [-0.3, -0.25) is 4.79 Å². The number of aromatic nitrogens is 1. The number of aryl methyl sites for hydroxylation is 1.